The minimum atomic E-state index is 0.124. The van der Waals surface area contributed by atoms with Gasteiger partial charge in [0.15, 0.2) is 0 Å². The summed E-state index contributed by atoms with van der Waals surface area (Å²) in [4.78, 5) is 11.6. The van der Waals surface area contributed by atoms with Crippen molar-refractivity contribution < 1.29 is 9.90 Å². The number of carbonyl (C=O) groups excluding carboxylic acids is 1. The Morgan fingerprint density at radius 2 is 1.38 bits per heavy atom. The maximum Gasteiger partial charge on any atom is 0.220 e. The van der Waals surface area contributed by atoms with Crippen LogP contribution in [0, 0.1) is 0 Å². The van der Waals surface area contributed by atoms with Gasteiger partial charge in [0, 0.05) is 13.0 Å². The monoisotopic (exact) mass is 368 g/mol. The molecule has 26 heavy (non-hydrogen) atoms. The SMILES string of the molecule is CCCCCCCC/C=C\CCCCCCCC(=O)NCNCCCO. The lowest BCUT2D eigenvalue weighted by molar-refractivity contribution is -0.121. The standard InChI is InChI=1S/C22H44N2O2/c1-2-3-4-5-6-7-8-9-10-11-12-13-14-15-16-18-22(26)24-21-23-19-17-20-25/h9-10,23,25H,2-8,11-21H2,1H3,(H,24,26)/b10-9-. The lowest BCUT2D eigenvalue weighted by Gasteiger charge is -2.06. The first-order chi connectivity index (χ1) is 12.8. The molecular weight excluding hydrogens is 324 g/mol. The largest absolute Gasteiger partial charge is 0.396 e. The van der Waals surface area contributed by atoms with Crippen LogP contribution in [0.15, 0.2) is 12.2 Å². The van der Waals surface area contributed by atoms with Crippen LogP contribution >= 0.6 is 0 Å². The van der Waals surface area contributed by atoms with Gasteiger partial charge in [0.2, 0.25) is 5.91 Å². The van der Waals surface area contributed by atoms with Gasteiger partial charge in [-0.25, -0.2) is 0 Å². The highest BCUT2D eigenvalue weighted by molar-refractivity contribution is 5.75. The fourth-order valence-corrected chi connectivity index (χ4v) is 2.90. The van der Waals surface area contributed by atoms with Crippen molar-refractivity contribution in [1.82, 2.24) is 10.6 Å². The minimum Gasteiger partial charge on any atom is -0.396 e. The number of allylic oxidation sites excluding steroid dienone is 2. The molecule has 0 aromatic carbocycles. The summed E-state index contributed by atoms with van der Waals surface area (Å²) in [6.45, 7) is 3.70. The summed E-state index contributed by atoms with van der Waals surface area (Å²) in [7, 11) is 0. The molecule has 0 bridgehead atoms. The number of amides is 1. The average Bonchev–Trinajstić information content (AvgIpc) is 2.64. The molecule has 0 saturated carbocycles. The van der Waals surface area contributed by atoms with E-state index in [-0.39, 0.29) is 12.5 Å². The van der Waals surface area contributed by atoms with Gasteiger partial charge < -0.3 is 10.4 Å². The van der Waals surface area contributed by atoms with Gasteiger partial charge in [-0.05, 0) is 45.1 Å². The predicted molar refractivity (Wildman–Crippen MR) is 112 cm³/mol. The normalized spacial score (nSPS) is 11.3. The minimum absolute atomic E-state index is 0.124. The van der Waals surface area contributed by atoms with Crippen LogP contribution in [-0.4, -0.2) is 30.8 Å². The topological polar surface area (TPSA) is 61.4 Å². The predicted octanol–water partition coefficient (Wildman–Crippen LogP) is 5.07. The van der Waals surface area contributed by atoms with Gasteiger partial charge in [-0.1, -0.05) is 70.4 Å². The van der Waals surface area contributed by atoms with Crippen molar-refractivity contribution in [2.24, 2.45) is 0 Å². The molecule has 0 atom stereocenters. The van der Waals surface area contributed by atoms with Crippen molar-refractivity contribution >= 4 is 5.91 Å². The Kier molecular flexibility index (Phi) is 21.4. The lowest BCUT2D eigenvalue weighted by Crippen LogP contribution is -2.34. The van der Waals surface area contributed by atoms with Crippen LogP contribution < -0.4 is 10.6 Å². The average molecular weight is 369 g/mol. The van der Waals surface area contributed by atoms with Crippen molar-refractivity contribution in [3.05, 3.63) is 12.2 Å². The molecule has 0 radical (unpaired) electrons. The third kappa shape index (κ3) is 21.2. The summed E-state index contributed by atoms with van der Waals surface area (Å²) in [5.41, 5.74) is 0. The molecule has 0 aliphatic heterocycles. The Labute approximate surface area is 162 Å². The van der Waals surface area contributed by atoms with Gasteiger partial charge >= 0.3 is 0 Å². The van der Waals surface area contributed by atoms with Crippen molar-refractivity contribution in [3.8, 4) is 0 Å². The van der Waals surface area contributed by atoms with E-state index in [0.717, 1.165) is 25.8 Å². The third-order valence-electron chi connectivity index (χ3n) is 4.59. The smallest absolute Gasteiger partial charge is 0.220 e. The van der Waals surface area contributed by atoms with E-state index in [1.165, 1.54) is 70.6 Å². The van der Waals surface area contributed by atoms with Crippen LogP contribution in [-0.2, 0) is 4.79 Å². The summed E-state index contributed by atoms with van der Waals surface area (Å²) < 4.78 is 0. The number of rotatable bonds is 20. The molecular formula is C22H44N2O2. The molecule has 0 aromatic heterocycles. The molecule has 0 saturated heterocycles. The number of hydrogen-bond acceptors (Lipinski definition) is 3. The molecule has 0 aliphatic carbocycles. The van der Waals surface area contributed by atoms with Crippen molar-refractivity contribution in [1.29, 1.82) is 0 Å². The Bertz CT molecular complexity index is 319. The van der Waals surface area contributed by atoms with E-state index in [1.54, 1.807) is 0 Å². The van der Waals surface area contributed by atoms with E-state index in [2.05, 4.69) is 29.7 Å². The summed E-state index contributed by atoms with van der Waals surface area (Å²) in [5.74, 6) is 0.124. The number of aliphatic hydroxyl groups is 1. The molecule has 0 unspecified atom stereocenters. The lowest BCUT2D eigenvalue weighted by atomic mass is 10.1. The summed E-state index contributed by atoms with van der Waals surface area (Å²) in [6.07, 6.45) is 22.7. The van der Waals surface area contributed by atoms with Crippen LogP contribution in [0.3, 0.4) is 0 Å². The Balaban J connectivity index is 3.18. The van der Waals surface area contributed by atoms with Crippen molar-refractivity contribution in [2.45, 2.75) is 103 Å². The van der Waals surface area contributed by atoms with E-state index < -0.39 is 0 Å². The van der Waals surface area contributed by atoms with E-state index in [9.17, 15) is 4.79 Å². The van der Waals surface area contributed by atoms with E-state index in [4.69, 9.17) is 5.11 Å². The van der Waals surface area contributed by atoms with Gasteiger partial charge in [-0.3, -0.25) is 10.1 Å². The second-order valence-corrected chi connectivity index (χ2v) is 7.19. The Morgan fingerprint density at radius 3 is 2.00 bits per heavy atom. The fraction of sp³-hybridized carbons (Fsp3) is 0.864. The van der Waals surface area contributed by atoms with Crippen LogP contribution in [0.5, 0.6) is 0 Å². The Hall–Kier alpha value is -0.870. The molecule has 0 fully saturated rings. The van der Waals surface area contributed by atoms with Crippen molar-refractivity contribution in [2.75, 3.05) is 19.8 Å². The van der Waals surface area contributed by atoms with Gasteiger partial charge in [0.05, 0.1) is 6.67 Å². The van der Waals surface area contributed by atoms with Crippen LogP contribution in [0.1, 0.15) is 103 Å². The maximum absolute atomic E-state index is 11.6. The highest BCUT2D eigenvalue weighted by atomic mass is 16.3. The van der Waals surface area contributed by atoms with Gasteiger partial charge in [-0.15, -0.1) is 0 Å². The highest BCUT2D eigenvalue weighted by Crippen LogP contribution is 2.09. The molecule has 0 aliphatic rings. The molecule has 0 aromatic rings. The molecule has 0 rings (SSSR count). The molecule has 4 nitrogen and oxygen atoms in total. The van der Waals surface area contributed by atoms with Gasteiger partial charge in [0.1, 0.15) is 0 Å². The molecule has 3 N–H and O–H groups in total. The Morgan fingerprint density at radius 1 is 0.808 bits per heavy atom. The van der Waals surface area contributed by atoms with Crippen LogP contribution in [0.2, 0.25) is 0 Å². The fourth-order valence-electron chi connectivity index (χ4n) is 2.90. The highest BCUT2D eigenvalue weighted by Gasteiger charge is 1.99. The molecule has 0 heterocycles. The van der Waals surface area contributed by atoms with Crippen LogP contribution in [0.25, 0.3) is 0 Å². The van der Waals surface area contributed by atoms with Gasteiger partial charge in [0.25, 0.3) is 0 Å². The van der Waals surface area contributed by atoms with Gasteiger partial charge in [-0.2, -0.15) is 0 Å². The molecule has 154 valence electrons. The number of hydrogen-bond donors (Lipinski definition) is 3. The van der Waals surface area contributed by atoms with E-state index in [1.807, 2.05) is 0 Å². The van der Waals surface area contributed by atoms with Crippen molar-refractivity contribution in [3.63, 3.8) is 0 Å². The molecule has 4 heteroatoms. The third-order valence-corrected chi connectivity index (χ3v) is 4.59. The number of nitrogens with one attached hydrogen (secondary N) is 2. The zero-order valence-electron chi connectivity index (χ0n) is 17.2. The summed E-state index contributed by atoms with van der Waals surface area (Å²) >= 11 is 0. The number of unbranched alkanes of at least 4 members (excludes halogenated alkanes) is 11. The quantitative estimate of drug-likeness (QED) is 0.160. The first-order valence-electron chi connectivity index (χ1n) is 11.0. The summed E-state index contributed by atoms with van der Waals surface area (Å²) in [5, 5.41) is 14.6. The number of carbonyl (C=O) groups is 1. The van der Waals surface area contributed by atoms with Crippen LogP contribution in [0.4, 0.5) is 0 Å². The second-order valence-electron chi connectivity index (χ2n) is 7.19. The molecule has 1 amide bonds. The second kappa shape index (κ2) is 22.2. The van der Waals surface area contributed by atoms with E-state index in [0.29, 0.717) is 13.1 Å². The maximum atomic E-state index is 11.6. The number of aliphatic hydroxyl groups excluding tert-OH is 1. The zero-order valence-corrected chi connectivity index (χ0v) is 17.2. The first kappa shape index (κ1) is 25.1. The summed E-state index contributed by atoms with van der Waals surface area (Å²) in [6, 6.07) is 0. The van der Waals surface area contributed by atoms with E-state index >= 15 is 0 Å². The zero-order chi connectivity index (χ0) is 19.1. The molecule has 0 spiro atoms. The first-order valence-corrected chi connectivity index (χ1v) is 11.0.